The molecule has 1 amide bonds. The Morgan fingerprint density at radius 1 is 1.18 bits per heavy atom. The van der Waals surface area contributed by atoms with Gasteiger partial charge in [0.1, 0.15) is 0 Å². The minimum Gasteiger partial charge on any atom is -0.481 e. The van der Waals surface area contributed by atoms with Crippen LogP contribution in [-0.2, 0) is 9.59 Å². The minimum absolute atomic E-state index is 0.0354. The van der Waals surface area contributed by atoms with Crippen LogP contribution in [0.3, 0.4) is 0 Å². The number of nitrogens with zero attached hydrogens (tertiary/aromatic N) is 1. The van der Waals surface area contributed by atoms with E-state index in [4.69, 9.17) is 5.11 Å². The normalized spacial score (nSPS) is 37.3. The summed E-state index contributed by atoms with van der Waals surface area (Å²) in [5, 5.41) is 12.1. The van der Waals surface area contributed by atoms with Crippen LogP contribution in [0.4, 0.5) is 0 Å². The topological polar surface area (TPSA) is 69.6 Å². The van der Waals surface area contributed by atoms with Gasteiger partial charge in [0, 0.05) is 12.1 Å². The molecule has 0 aromatic rings. The lowest BCUT2D eigenvalue weighted by Crippen LogP contribution is -2.62. The van der Waals surface area contributed by atoms with E-state index < -0.39 is 5.97 Å². The number of hydrogen-bond donors (Lipinski definition) is 2. The number of nitrogens with one attached hydrogen (secondary N) is 1. The molecule has 0 aromatic heterocycles. The van der Waals surface area contributed by atoms with E-state index >= 15 is 0 Å². The maximum absolute atomic E-state index is 12.6. The number of hydrogen-bond acceptors (Lipinski definition) is 3. The van der Waals surface area contributed by atoms with Gasteiger partial charge in [0.05, 0.1) is 12.5 Å². The van der Waals surface area contributed by atoms with Crippen molar-refractivity contribution in [2.45, 2.75) is 63.5 Å². The maximum Gasteiger partial charge on any atom is 0.304 e. The van der Waals surface area contributed by atoms with Gasteiger partial charge in [-0.15, -0.1) is 0 Å². The SMILES string of the molecule is CC(C(=O)NC12CC3CC(CC(C3)C1)C2)N(C)CCC(=O)O. The summed E-state index contributed by atoms with van der Waals surface area (Å²) in [7, 11) is 1.83. The lowest BCUT2D eigenvalue weighted by atomic mass is 9.53. The number of amides is 1. The Kier molecular flexibility index (Phi) is 4.19. The van der Waals surface area contributed by atoms with E-state index in [-0.39, 0.29) is 23.9 Å². The van der Waals surface area contributed by atoms with Crippen molar-refractivity contribution in [2.24, 2.45) is 17.8 Å². The summed E-state index contributed by atoms with van der Waals surface area (Å²) in [6.07, 6.45) is 7.62. The molecule has 0 heterocycles. The van der Waals surface area contributed by atoms with Crippen LogP contribution in [0, 0.1) is 17.8 Å². The summed E-state index contributed by atoms with van der Waals surface area (Å²) in [6, 6.07) is -0.271. The molecule has 0 aliphatic heterocycles. The first kappa shape index (κ1) is 15.8. The third kappa shape index (κ3) is 3.14. The van der Waals surface area contributed by atoms with E-state index in [1.807, 2.05) is 18.9 Å². The summed E-state index contributed by atoms with van der Waals surface area (Å²) in [6.45, 7) is 2.28. The van der Waals surface area contributed by atoms with E-state index in [0.717, 1.165) is 37.0 Å². The molecule has 4 aliphatic rings. The van der Waals surface area contributed by atoms with E-state index in [0.29, 0.717) is 6.54 Å². The molecule has 5 nitrogen and oxygen atoms in total. The molecule has 4 aliphatic carbocycles. The average Bonchev–Trinajstić information content (AvgIpc) is 2.41. The van der Waals surface area contributed by atoms with Crippen molar-refractivity contribution in [3.8, 4) is 0 Å². The van der Waals surface area contributed by atoms with Gasteiger partial charge >= 0.3 is 5.97 Å². The van der Waals surface area contributed by atoms with Gasteiger partial charge in [-0.2, -0.15) is 0 Å². The van der Waals surface area contributed by atoms with Crippen molar-refractivity contribution < 1.29 is 14.7 Å². The summed E-state index contributed by atoms with van der Waals surface area (Å²) in [4.78, 5) is 25.1. The Labute approximate surface area is 132 Å². The lowest BCUT2D eigenvalue weighted by molar-refractivity contribution is -0.138. The first-order valence-corrected chi connectivity index (χ1v) is 8.61. The highest BCUT2D eigenvalue weighted by atomic mass is 16.4. The molecule has 0 radical (unpaired) electrons. The molecule has 0 spiro atoms. The van der Waals surface area contributed by atoms with Crippen LogP contribution in [0.15, 0.2) is 0 Å². The van der Waals surface area contributed by atoms with Gasteiger partial charge in [0.15, 0.2) is 0 Å². The smallest absolute Gasteiger partial charge is 0.304 e. The fraction of sp³-hybridized carbons (Fsp3) is 0.882. The summed E-state index contributed by atoms with van der Waals surface area (Å²) in [5.41, 5.74) is 0.0354. The molecule has 4 saturated carbocycles. The maximum atomic E-state index is 12.6. The second-order valence-electron chi connectivity index (χ2n) is 7.99. The lowest BCUT2D eigenvalue weighted by Gasteiger charge is -2.57. The highest BCUT2D eigenvalue weighted by Crippen LogP contribution is 2.55. The number of carbonyl (C=O) groups excluding carboxylic acids is 1. The molecule has 2 N–H and O–H groups in total. The van der Waals surface area contributed by atoms with Crippen molar-refractivity contribution in [2.75, 3.05) is 13.6 Å². The molecule has 1 unspecified atom stereocenters. The molecule has 0 saturated heterocycles. The number of likely N-dealkylation sites (N-methyl/N-ethyl adjacent to an activating group) is 1. The highest BCUT2D eigenvalue weighted by Gasteiger charge is 2.51. The number of rotatable bonds is 6. The highest BCUT2D eigenvalue weighted by molar-refractivity contribution is 5.82. The second kappa shape index (κ2) is 5.84. The molecule has 1 atom stereocenters. The fourth-order valence-electron chi connectivity index (χ4n) is 5.30. The summed E-state index contributed by atoms with van der Waals surface area (Å²) >= 11 is 0. The van der Waals surface area contributed by atoms with E-state index in [2.05, 4.69) is 5.32 Å². The number of carboxylic acid groups (broad SMARTS) is 1. The average molecular weight is 308 g/mol. The van der Waals surface area contributed by atoms with Crippen molar-refractivity contribution in [3.63, 3.8) is 0 Å². The van der Waals surface area contributed by atoms with Crippen LogP contribution in [0.5, 0.6) is 0 Å². The predicted octanol–water partition coefficient (Wildman–Crippen LogP) is 1.87. The van der Waals surface area contributed by atoms with E-state index in [1.54, 1.807) is 0 Å². The van der Waals surface area contributed by atoms with Gasteiger partial charge in [-0.25, -0.2) is 0 Å². The van der Waals surface area contributed by atoms with Crippen LogP contribution in [0.1, 0.15) is 51.9 Å². The Bertz CT molecular complexity index is 428. The predicted molar refractivity (Wildman–Crippen MR) is 83.4 cm³/mol. The molecular formula is C17H28N2O3. The number of aliphatic carboxylic acids is 1. The van der Waals surface area contributed by atoms with Gasteiger partial charge < -0.3 is 10.4 Å². The largest absolute Gasteiger partial charge is 0.481 e. The summed E-state index contributed by atoms with van der Waals surface area (Å²) in [5.74, 6) is 1.68. The number of carboxylic acids is 1. The summed E-state index contributed by atoms with van der Waals surface area (Å²) < 4.78 is 0. The molecule has 22 heavy (non-hydrogen) atoms. The molecule has 4 fully saturated rings. The van der Waals surface area contributed by atoms with Gasteiger partial charge in [-0.05, 0) is 70.3 Å². The quantitative estimate of drug-likeness (QED) is 0.786. The Balaban J connectivity index is 1.58. The molecule has 4 bridgehead atoms. The zero-order chi connectivity index (χ0) is 15.9. The molecule has 124 valence electrons. The van der Waals surface area contributed by atoms with Crippen LogP contribution in [0.25, 0.3) is 0 Å². The number of carbonyl (C=O) groups is 2. The zero-order valence-electron chi connectivity index (χ0n) is 13.7. The van der Waals surface area contributed by atoms with Crippen LogP contribution in [0.2, 0.25) is 0 Å². The van der Waals surface area contributed by atoms with Crippen LogP contribution in [-0.4, -0.2) is 47.1 Å². The van der Waals surface area contributed by atoms with Crippen molar-refractivity contribution in [3.05, 3.63) is 0 Å². The van der Waals surface area contributed by atoms with Gasteiger partial charge in [0.25, 0.3) is 0 Å². The van der Waals surface area contributed by atoms with Crippen LogP contribution >= 0.6 is 0 Å². The van der Waals surface area contributed by atoms with Gasteiger partial charge in [0.2, 0.25) is 5.91 Å². The zero-order valence-corrected chi connectivity index (χ0v) is 13.7. The third-order valence-electron chi connectivity index (χ3n) is 6.15. The Morgan fingerprint density at radius 2 is 1.68 bits per heavy atom. The van der Waals surface area contributed by atoms with E-state index in [9.17, 15) is 9.59 Å². The van der Waals surface area contributed by atoms with Crippen molar-refractivity contribution in [1.82, 2.24) is 10.2 Å². The van der Waals surface area contributed by atoms with Crippen LogP contribution < -0.4 is 5.32 Å². The minimum atomic E-state index is -0.819. The Hall–Kier alpha value is -1.10. The second-order valence-corrected chi connectivity index (χ2v) is 7.99. The van der Waals surface area contributed by atoms with Gasteiger partial charge in [-0.3, -0.25) is 14.5 Å². The fourth-order valence-corrected chi connectivity index (χ4v) is 5.30. The molecule has 5 heteroatoms. The first-order chi connectivity index (χ1) is 10.4. The molecule has 0 aromatic carbocycles. The first-order valence-electron chi connectivity index (χ1n) is 8.61. The van der Waals surface area contributed by atoms with E-state index in [1.165, 1.54) is 19.3 Å². The van der Waals surface area contributed by atoms with Crippen molar-refractivity contribution in [1.29, 1.82) is 0 Å². The standard InChI is InChI=1S/C17H28N2O3/c1-11(19(2)4-3-15(20)21)16(22)18-17-8-12-5-13(9-17)7-14(6-12)10-17/h11-14H,3-10H2,1-2H3,(H,18,22)(H,20,21). The molecular weight excluding hydrogens is 280 g/mol. The van der Waals surface area contributed by atoms with Crippen molar-refractivity contribution >= 4 is 11.9 Å². The third-order valence-corrected chi connectivity index (χ3v) is 6.15. The van der Waals surface area contributed by atoms with Gasteiger partial charge in [-0.1, -0.05) is 0 Å². The monoisotopic (exact) mass is 308 g/mol. The molecule has 4 rings (SSSR count). The Morgan fingerprint density at radius 3 is 2.14 bits per heavy atom.